The molecular formula is C22H18BrF2N3O2. The number of amides is 1. The van der Waals surface area contributed by atoms with Crippen molar-refractivity contribution in [2.24, 2.45) is 0 Å². The maximum absolute atomic E-state index is 13.8. The van der Waals surface area contributed by atoms with Gasteiger partial charge in [-0.2, -0.15) is 5.10 Å². The average Bonchev–Trinajstić information content (AvgIpc) is 3.33. The largest absolute Gasteiger partial charge is 0.493 e. The van der Waals surface area contributed by atoms with Crippen molar-refractivity contribution in [2.45, 2.75) is 31.7 Å². The third-order valence-electron chi connectivity index (χ3n) is 5.61. The molecule has 154 valence electrons. The zero-order valence-corrected chi connectivity index (χ0v) is 17.5. The van der Waals surface area contributed by atoms with Crippen molar-refractivity contribution in [3.63, 3.8) is 0 Å². The second kappa shape index (κ2) is 7.50. The third-order valence-corrected chi connectivity index (χ3v) is 6.10. The molecule has 0 fully saturated rings. The molecule has 1 atom stereocenters. The molecule has 30 heavy (non-hydrogen) atoms. The number of benzene rings is 2. The SMILES string of the molecule is O=C(NC1CCOc2ccc(Br)cc21)c1nn(-c2ccc(F)c(F)c2)c2c1CCC2. The van der Waals surface area contributed by atoms with Crippen LogP contribution < -0.4 is 10.1 Å². The molecule has 1 unspecified atom stereocenters. The summed E-state index contributed by atoms with van der Waals surface area (Å²) < 4.78 is 35.3. The number of carbonyl (C=O) groups excluding carboxylic acids is 1. The highest BCUT2D eigenvalue weighted by atomic mass is 79.9. The van der Waals surface area contributed by atoms with Crippen molar-refractivity contribution < 1.29 is 18.3 Å². The van der Waals surface area contributed by atoms with Crippen LogP contribution in [0.2, 0.25) is 0 Å². The maximum atomic E-state index is 13.8. The fourth-order valence-corrected chi connectivity index (χ4v) is 4.57. The molecule has 3 aromatic rings. The Labute approximate surface area is 180 Å². The van der Waals surface area contributed by atoms with E-state index >= 15 is 0 Å². The van der Waals surface area contributed by atoms with Crippen molar-refractivity contribution >= 4 is 21.8 Å². The fourth-order valence-electron chi connectivity index (χ4n) is 4.19. The molecule has 0 saturated carbocycles. The predicted octanol–water partition coefficient (Wildman–Crippen LogP) is 4.66. The van der Waals surface area contributed by atoms with Gasteiger partial charge in [0.15, 0.2) is 17.3 Å². The summed E-state index contributed by atoms with van der Waals surface area (Å²) in [5, 5.41) is 7.57. The van der Waals surface area contributed by atoms with Crippen LogP contribution in [0.15, 0.2) is 40.9 Å². The molecule has 1 amide bonds. The number of fused-ring (bicyclic) bond motifs is 2. The average molecular weight is 474 g/mol. The summed E-state index contributed by atoms with van der Waals surface area (Å²) in [4.78, 5) is 13.2. The molecule has 5 rings (SSSR count). The van der Waals surface area contributed by atoms with E-state index in [4.69, 9.17) is 4.74 Å². The van der Waals surface area contributed by atoms with E-state index in [1.54, 1.807) is 4.68 Å². The van der Waals surface area contributed by atoms with Crippen LogP contribution >= 0.6 is 15.9 Å². The summed E-state index contributed by atoms with van der Waals surface area (Å²) in [5.74, 6) is -1.37. The van der Waals surface area contributed by atoms with E-state index in [-0.39, 0.29) is 11.9 Å². The molecule has 5 nitrogen and oxygen atoms in total. The summed E-state index contributed by atoms with van der Waals surface area (Å²) in [6.07, 6.45) is 3.02. The van der Waals surface area contributed by atoms with Crippen LogP contribution in [-0.2, 0) is 12.8 Å². The lowest BCUT2D eigenvalue weighted by atomic mass is 10.0. The monoisotopic (exact) mass is 473 g/mol. The van der Waals surface area contributed by atoms with E-state index < -0.39 is 11.6 Å². The van der Waals surface area contributed by atoms with Gasteiger partial charge in [0.1, 0.15) is 5.75 Å². The van der Waals surface area contributed by atoms with Crippen LogP contribution in [0.25, 0.3) is 5.69 Å². The summed E-state index contributed by atoms with van der Waals surface area (Å²) in [7, 11) is 0. The lowest BCUT2D eigenvalue weighted by Gasteiger charge is -2.26. The topological polar surface area (TPSA) is 56.1 Å². The molecule has 2 aliphatic rings. The first kappa shape index (κ1) is 19.2. The van der Waals surface area contributed by atoms with Crippen LogP contribution in [0.3, 0.4) is 0 Å². The Morgan fingerprint density at radius 1 is 1.17 bits per heavy atom. The molecule has 2 heterocycles. The predicted molar refractivity (Wildman–Crippen MR) is 110 cm³/mol. The highest BCUT2D eigenvalue weighted by Crippen LogP contribution is 2.35. The first-order chi connectivity index (χ1) is 14.5. The van der Waals surface area contributed by atoms with E-state index in [2.05, 4.69) is 26.3 Å². The normalized spacial score (nSPS) is 17.2. The number of halogens is 3. The molecule has 0 radical (unpaired) electrons. The fraction of sp³-hybridized carbons (Fsp3) is 0.273. The minimum atomic E-state index is -0.940. The maximum Gasteiger partial charge on any atom is 0.272 e. The highest BCUT2D eigenvalue weighted by molar-refractivity contribution is 9.10. The zero-order chi connectivity index (χ0) is 20.8. The second-order valence-corrected chi connectivity index (χ2v) is 8.40. The molecule has 0 saturated heterocycles. The third kappa shape index (κ3) is 3.29. The minimum Gasteiger partial charge on any atom is -0.493 e. The van der Waals surface area contributed by atoms with Gasteiger partial charge >= 0.3 is 0 Å². The molecule has 1 aromatic heterocycles. The van der Waals surface area contributed by atoms with Crippen molar-refractivity contribution in [1.82, 2.24) is 15.1 Å². The van der Waals surface area contributed by atoms with Gasteiger partial charge in [-0.05, 0) is 49.6 Å². The number of hydrogen-bond acceptors (Lipinski definition) is 3. The van der Waals surface area contributed by atoms with Gasteiger partial charge in [-0.15, -0.1) is 0 Å². The number of nitrogens with one attached hydrogen (secondary N) is 1. The van der Waals surface area contributed by atoms with Gasteiger partial charge in [-0.1, -0.05) is 15.9 Å². The van der Waals surface area contributed by atoms with Gasteiger partial charge in [-0.3, -0.25) is 4.79 Å². The molecule has 1 aliphatic heterocycles. The number of carbonyl (C=O) groups is 1. The Balaban J connectivity index is 1.48. The van der Waals surface area contributed by atoms with Crippen molar-refractivity contribution in [2.75, 3.05) is 6.61 Å². The number of hydrogen-bond donors (Lipinski definition) is 1. The lowest BCUT2D eigenvalue weighted by molar-refractivity contribution is 0.0918. The van der Waals surface area contributed by atoms with Crippen LogP contribution in [0.5, 0.6) is 5.75 Å². The standard InChI is InChI=1S/C22H18BrF2N3O2/c23-12-4-7-20-15(10-12)18(8-9-30-20)26-22(29)21-14-2-1-3-19(14)28(27-21)13-5-6-16(24)17(25)11-13/h4-7,10-11,18H,1-3,8-9H2,(H,26,29). The van der Waals surface area contributed by atoms with Gasteiger partial charge in [0.25, 0.3) is 5.91 Å². The summed E-state index contributed by atoms with van der Waals surface area (Å²) in [6, 6.07) is 9.19. The molecule has 1 aliphatic carbocycles. The Bertz CT molecular complexity index is 1160. The number of aromatic nitrogens is 2. The van der Waals surface area contributed by atoms with Gasteiger partial charge in [-0.25, -0.2) is 13.5 Å². The van der Waals surface area contributed by atoms with Crippen molar-refractivity contribution in [3.8, 4) is 11.4 Å². The number of nitrogens with zero attached hydrogens (tertiary/aromatic N) is 2. The van der Waals surface area contributed by atoms with Gasteiger partial charge in [0.2, 0.25) is 0 Å². The number of ether oxygens (including phenoxy) is 1. The highest BCUT2D eigenvalue weighted by Gasteiger charge is 2.30. The van der Waals surface area contributed by atoms with Crippen LogP contribution in [0.4, 0.5) is 8.78 Å². The van der Waals surface area contributed by atoms with E-state index in [9.17, 15) is 13.6 Å². The Morgan fingerprint density at radius 2 is 2.03 bits per heavy atom. The first-order valence-electron chi connectivity index (χ1n) is 9.80. The Morgan fingerprint density at radius 3 is 2.87 bits per heavy atom. The molecule has 0 bridgehead atoms. The van der Waals surface area contributed by atoms with Crippen molar-refractivity contribution in [1.29, 1.82) is 0 Å². The summed E-state index contributed by atoms with van der Waals surface area (Å²) >= 11 is 3.47. The van der Waals surface area contributed by atoms with Crippen molar-refractivity contribution in [3.05, 3.63) is 75.0 Å². The van der Waals surface area contributed by atoms with E-state index in [1.807, 2.05) is 18.2 Å². The van der Waals surface area contributed by atoms with E-state index in [0.717, 1.165) is 58.4 Å². The van der Waals surface area contributed by atoms with Crippen LogP contribution in [-0.4, -0.2) is 22.3 Å². The van der Waals surface area contributed by atoms with Crippen LogP contribution in [0.1, 0.15) is 46.2 Å². The molecule has 8 heteroatoms. The Hall–Kier alpha value is -2.74. The molecule has 1 N–H and O–H groups in total. The Kier molecular flexibility index (Phi) is 4.81. The smallest absolute Gasteiger partial charge is 0.272 e. The first-order valence-corrected chi connectivity index (χ1v) is 10.6. The second-order valence-electron chi connectivity index (χ2n) is 7.48. The zero-order valence-electron chi connectivity index (χ0n) is 15.9. The van der Waals surface area contributed by atoms with Gasteiger partial charge in [0.05, 0.1) is 18.3 Å². The van der Waals surface area contributed by atoms with E-state index in [0.29, 0.717) is 24.4 Å². The summed E-state index contributed by atoms with van der Waals surface area (Å²) in [6.45, 7) is 0.515. The molecule has 2 aromatic carbocycles. The van der Waals surface area contributed by atoms with Crippen LogP contribution in [0, 0.1) is 11.6 Å². The molecular weight excluding hydrogens is 456 g/mol. The summed E-state index contributed by atoms with van der Waals surface area (Å²) in [5.41, 5.74) is 3.42. The minimum absolute atomic E-state index is 0.191. The quantitative estimate of drug-likeness (QED) is 0.601. The lowest BCUT2D eigenvalue weighted by Crippen LogP contribution is -2.33. The van der Waals surface area contributed by atoms with Gasteiger partial charge < -0.3 is 10.1 Å². The number of rotatable bonds is 3. The molecule has 0 spiro atoms. The van der Waals surface area contributed by atoms with E-state index in [1.165, 1.54) is 6.07 Å². The van der Waals surface area contributed by atoms with Gasteiger partial charge in [0, 0.05) is 33.8 Å².